The van der Waals surface area contributed by atoms with Crippen molar-refractivity contribution in [1.82, 2.24) is 20.2 Å². The van der Waals surface area contributed by atoms with Crippen LogP contribution in [0.1, 0.15) is 39.5 Å². The molecule has 24 heavy (non-hydrogen) atoms. The highest BCUT2D eigenvalue weighted by atomic mass is 16.2. The van der Waals surface area contributed by atoms with E-state index in [-0.39, 0.29) is 11.9 Å². The Labute approximate surface area is 144 Å². The lowest BCUT2D eigenvalue weighted by molar-refractivity contribution is -0.127. The van der Waals surface area contributed by atoms with Gasteiger partial charge in [-0.2, -0.15) is 0 Å². The Hall–Kier alpha value is -1.69. The Balaban J connectivity index is 1.46. The molecule has 2 fully saturated rings. The molecule has 1 saturated carbocycles. The van der Waals surface area contributed by atoms with Crippen molar-refractivity contribution >= 4 is 11.9 Å². The molecule has 1 amide bonds. The maximum atomic E-state index is 12.6. The molecular weight excluding hydrogens is 302 g/mol. The van der Waals surface area contributed by atoms with Crippen molar-refractivity contribution in [3.63, 3.8) is 0 Å². The minimum Gasteiger partial charge on any atom is -0.352 e. The zero-order valence-electron chi connectivity index (χ0n) is 14.8. The lowest BCUT2D eigenvalue weighted by Gasteiger charge is -2.38. The van der Waals surface area contributed by atoms with E-state index in [1.165, 1.54) is 12.8 Å². The molecule has 0 bridgehead atoms. The Bertz CT molecular complexity index is 521. The quantitative estimate of drug-likeness (QED) is 0.909. The molecule has 3 rings (SSSR count). The summed E-state index contributed by atoms with van der Waals surface area (Å²) >= 11 is 0. The largest absolute Gasteiger partial charge is 0.352 e. The van der Waals surface area contributed by atoms with Gasteiger partial charge in [-0.3, -0.25) is 9.69 Å². The maximum absolute atomic E-state index is 12.6. The number of nitrogens with zero attached hydrogens (tertiary/aromatic N) is 4. The third-order valence-electron chi connectivity index (χ3n) is 5.44. The smallest absolute Gasteiger partial charge is 0.237 e. The second kappa shape index (κ2) is 7.92. The zero-order valence-corrected chi connectivity index (χ0v) is 14.8. The number of nitrogens with one attached hydrogen (secondary N) is 1. The number of carbonyl (C=O) groups is 1. The van der Waals surface area contributed by atoms with Crippen LogP contribution in [0.4, 0.5) is 5.95 Å². The Morgan fingerprint density at radius 1 is 1.12 bits per heavy atom. The monoisotopic (exact) mass is 331 g/mol. The first-order valence-corrected chi connectivity index (χ1v) is 9.20. The van der Waals surface area contributed by atoms with Crippen molar-refractivity contribution < 1.29 is 4.79 Å². The molecule has 1 aliphatic heterocycles. The van der Waals surface area contributed by atoms with Gasteiger partial charge in [-0.1, -0.05) is 6.92 Å². The van der Waals surface area contributed by atoms with Gasteiger partial charge in [0.2, 0.25) is 11.9 Å². The van der Waals surface area contributed by atoms with Crippen LogP contribution in [0.3, 0.4) is 0 Å². The van der Waals surface area contributed by atoms with Crippen LogP contribution in [0.25, 0.3) is 0 Å². The van der Waals surface area contributed by atoms with Crippen LogP contribution in [0, 0.1) is 5.92 Å². The molecule has 0 radical (unpaired) electrons. The third kappa shape index (κ3) is 4.23. The highest BCUT2D eigenvalue weighted by Gasteiger charge is 2.28. The normalized spacial score (nSPS) is 26.8. The minimum atomic E-state index is -0.0665. The first-order chi connectivity index (χ1) is 11.6. The number of rotatable bonds is 4. The number of carbonyl (C=O) groups excluding carboxylic acids is 1. The van der Waals surface area contributed by atoms with Crippen molar-refractivity contribution in [3.8, 4) is 0 Å². The van der Waals surface area contributed by atoms with Crippen molar-refractivity contribution in [3.05, 3.63) is 18.5 Å². The van der Waals surface area contributed by atoms with Crippen LogP contribution in [0.2, 0.25) is 0 Å². The Morgan fingerprint density at radius 2 is 1.75 bits per heavy atom. The Morgan fingerprint density at radius 3 is 2.38 bits per heavy atom. The highest BCUT2D eigenvalue weighted by molar-refractivity contribution is 5.81. The van der Waals surface area contributed by atoms with Gasteiger partial charge < -0.3 is 10.2 Å². The van der Waals surface area contributed by atoms with Gasteiger partial charge in [0.25, 0.3) is 0 Å². The van der Waals surface area contributed by atoms with Gasteiger partial charge in [-0.05, 0) is 44.6 Å². The van der Waals surface area contributed by atoms with Crippen molar-refractivity contribution in [2.45, 2.75) is 51.6 Å². The van der Waals surface area contributed by atoms with Gasteiger partial charge in [0.15, 0.2) is 0 Å². The topological polar surface area (TPSA) is 61.4 Å². The summed E-state index contributed by atoms with van der Waals surface area (Å²) in [6.45, 7) is 7.79. The van der Waals surface area contributed by atoms with E-state index in [9.17, 15) is 4.79 Å². The lowest BCUT2D eigenvalue weighted by atomic mass is 9.87. The molecule has 1 unspecified atom stereocenters. The first kappa shape index (κ1) is 17.1. The molecule has 0 spiro atoms. The third-order valence-corrected chi connectivity index (χ3v) is 5.44. The summed E-state index contributed by atoms with van der Waals surface area (Å²) in [4.78, 5) is 25.6. The van der Waals surface area contributed by atoms with Crippen LogP contribution < -0.4 is 10.2 Å². The second-order valence-electron chi connectivity index (χ2n) is 7.21. The van der Waals surface area contributed by atoms with Crippen LogP contribution in [0.15, 0.2) is 18.5 Å². The van der Waals surface area contributed by atoms with Gasteiger partial charge in [0, 0.05) is 44.6 Å². The van der Waals surface area contributed by atoms with E-state index in [4.69, 9.17) is 0 Å². The van der Waals surface area contributed by atoms with Gasteiger partial charge >= 0.3 is 0 Å². The van der Waals surface area contributed by atoms with Crippen LogP contribution in [-0.4, -0.2) is 59.0 Å². The standard InChI is InChI=1S/C18H29N5O/c1-14-4-6-16(7-5-14)21-17(24)15(2)22-10-12-23(13-11-22)18-19-8-3-9-20-18/h3,8-9,14-16H,4-7,10-13H2,1-2H3,(H,21,24). The molecule has 0 aromatic carbocycles. The van der Waals surface area contributed by atoms with Gasteiger partial charge in [0.1, 0.15) is 0 Å². The van der Waals surface area contributed by atoms with E-state index in [1.807, 2.05) is 13.0 Å². The molecule has 2 heterocycles. The number of hydrogen-bond acceptors (Lipinski definition) is 5. The van der Waals surface area contributed by atoms with Crippen LogP contribution >= 0.6 is 0 Å². The van der Waals surface area contributed by atoms with Crippen LogP contribution in [0.5, 0.6) is 0 Å². The van der Waals surface area contributed by atoms with E-state index in [1.54, 1.807) is 12.4 Å². The molecule has 1 aromatic heterocycles. The molecule has 1 aliphatic carbocycles. The molecule has 1 atom stereocenters. The Kier molecular flexibility index (Phi) is 5.66. The SMILES string of the molecule is CC1CCC(NC(=O)C(C)N2CCN(c3ncccn3)CC2)CC1. The second-order valence-corrected chi connectivity index (χ2v) is 7.21. The number of anilines is 1. The molecule has 1 aromatic rings. The van der Waals surface area contributed by atoms with Gasteiger partial charge in [-0.25, -0.2) is 9.97 Å². The van der Waals surface area contributed by atoms with E-state index in [0.29, 0.717) is 6.04 Å². The van der Waals surface area contributed by atoms with Crippen molar-refractivity contribution in [2.75, 3.05) is 31.1 Å². The average molecular weight is 331 g/mol. The number of hydrogen-bond donors (Lipinski definition) is 1. The highest BCUT2D eigenvalue weighted by Crippen LogP contribution is 2.23. The fraction of sp³-hybridized carbons (Fsp3) is 0.722. The number of aromatic nitrogens is 2. The van der Waals surface area contributed by atoms with E-state index in [0.717, 1.165) is 50.9 Å². The summed E-state index contributed by atoms with van der Waals surface area (Å²) < 4.78 is 0. The van der Waals surface area contributed by atoms with Gasteiger partial charge in [0.05, 0.1) is 6.04 Å². The van der Waals surface area contributed by atoms with Crippen molar-refractivity contribution in [1.29, 1.82) is 0 Å². The average Bonchev–Trinajstić information content (AvgIpc) is 2.64. The van der Waals surface area contributed by atoms with Crippen LogP contribution in [-0.2, 0) is 4.79 Å². The number of piperazine rings is 1. The summed E-state index contributed by atoms with van der Waals surface area (Å²) in [5.41, 5.74) is 0. The van der Waals surface area contributed by atoms with E-state index in [2.05, 4.69) is 32.0 Å². The first-order valence-electron chi connectivity index (χ1n) is 9.20. The fourth-order valence-electron chi connectivity index (χ4n) is 3.66. The molecule has 1 saturated heterocycles. The summed E-state index contributed by atoms with van der Waals surface area (Å²) in [5.74, 6) is 1.77. The lowest BCUT2D eigenvalue weighted by Crippen LogP contribution is -2.55. The van der Waals surface area contributed by atoms with E-state index < -0.39 is 0 Å². The number of amides is 1. The predicted octanol–water partition coefficient (Wildman–Crippen LogP) is 1.68. The molecular formula is C18H29N5O. The summed E-state index contributed by atoms with van der Waals surface area (Å²) in [6.07, 6.45) is 8.26. The fourth-order valence-corrected chi connectivity index (χ4v) is 3.66. The minimum absolute atomic E-state index is 0.0665. The zero-order chi connectivity index (χ0) is 16.9. The molecule has 132 valence electrons. The summed E-state index contributed by atoms with van der Waals surface area (Å²) in [7, 11) is 0. The molecule has 6 nitrogen and oxygen atoms in total. The molecule has 1 N–H and O–H groups in total. The molecule has 6 heteroatoms. The van der Waals surface area contributed by atoms with Crippen molar-refractivity contribution in [2.24, 2.45) is 5.92 Å². The summed E-state index contributed by atoms with van der Waals surface area (Å²) in [6, 6.07) is 2.14. The maximum Gasteiger partial charge on any atom is 0.237 e. The summed E-state index contributed by atoms with van der Waals surface area (Å²) in [5, 5.41) is 3.26. The van der Waals surface area contributed by atoms with E-state index >= 15 is 0 Å². The van der Waals surface area contributed by atoms with Gasteiger partial charge in [-0.15, -0.1) is 0 Å². The predicted molar refractivity (Wildman–Crippen MR) is 94.8 cm³/mol. The molecule has 2 aliphatic rings.